The van der Waals surface area contributed by atoms with Crippen molar-refractivity contribution in [3.05, 3.63) is 144 Å². The molecule has 3 heterocycles. The minimum absolute atomic E-state index is 0. The molecule has 0 spiro atoms. The third-order valence-corrected chi connectivity index (χ3v) is 9.82. The standard InChI is InChI=1S/C21H26N2O2.C19H24N2O.C4H8O.Al.Li.4H/c1-2-25-21(24)20-17-22(15-18-9-5-3-6-10-18)13-14-23(20)16-19-11-7-4-8-12-19;22-16-19-15-20(13-17-7-3-1-4-8-17)11-12-21(19)14-18-9-5-2-6-10-18;1-2-4-5-3-1;;;;;;/h3-12,20H,2,13-17H2,1H3;1-10,19,22H,11-16H2;1-4H2;;;;;;/q;;;;+1;;;;-1. The number of esters is 1. The number of aliphatic hydroxyl groups is 1. The maximum Gasteiger partial charge on any atom is 1.00 e. The minimum atomic E-state index is -0.211. The Morgan fingerprint density at radius 3 is 1.46 bits per heavy atom. The van der Waals surface area contributed by atoms with Gasteiger partial charge < -0.3 is 16.0 Å². The average molecular weight is 745 g/mol. The summed E-state index contributed by atoms with van der Waals surface area (Å²) in [7, 11) is 0. The number of carbonyl (C=O) groups excluding carboxylic acids is 1. The van der Waals surface area contributed by atoms with E-state index in [1.807, 2.05) is 37.3 Å². The van der Waals surface area contributed by atoms with Crippen LogP contribution < -0.4 is 18.9 Å². The number of ether oxygens (including phenoxy) is 2. The number of nitrogens with zero attached hydrogens (tertiary/aromatic N) is 4. The second-order valence-corrected chi connectivity index (χ2v) is 13.8. The van der Waals surface area contributed by atoms with Gasteiger partial charge in [0.2, 0.25) is 0 Å². The van der Waals surface area contributed by atoms with Crippen LogP contribution in [0.2, 0.25) is 0 Å². The van der Waals surface area contributed by atoms with Crippen molar-refractivity contribution in [1.29, 1.82) is 0 Å². The fourth-order valence-corrected chi connectivity index (χ4v) is 6.98. The first-order chi connectivity index (χ1) is 25.6. The van der Waals surface area contributed by atoms with Gasteiger partial charge in [-0.2, -0.15) is 0 Å². The molecule has 2 unspecified atom stereocenters. The second kappa shape index (κ2) is 26.2. The Bertz CT molecular complexity index is 1540. The number of piperazine rings is 2. The molecular weight excluding hydrogens is 682 g/mol. The Morgan fingerprint density at radius 2 is 1.06 bits per heavy atom. The molecule has 4 aromatic carbocycles. The molecule has 7 rings (SSSR count). The molecule has 0 bridgehead atoms. The van der Waals surface area contributed by atoms with Crippen LogP contribution in [0.15, 0.2) is 121 Å². The van der Waals surface area contributed by atoms with Crippen LogP contribution in [0.4, 0.5) is 0 Å². The largest absolute Gasteiger partial charge is 1.00 e. The average Bonchev–Trinajstić information content (AvgIpc) is 3.79. The van der Waals surface area contributed by atoms with E-state index in [9.17, 15) is 9.90 Å². The maximum atomic E-state index is 12.5. The van der Waals surface area contributed by atoms with Gasteiger partial charge in [-0.05, 0) is 42.0 Å². The SMILES string of the molecule is C1CCOC1.CCOC(=O)C1CN(Cc2ccccc2)CCN1Cc1ccccc1.OCC1CN(Cc2ccccc2)CCN1Cc1ccccc1.[AlH3].[H-].[Li+]. The van der Waals surface area contributed by atoms with Crippen molar-refractivity contribution < 1.29 is 39.7 Å². The van der Waals surface area contributed by atoms with Gasteiger partial charge in [-0.3, -0.25) is 24.4 Å². The van der Waals surface area contributed by atoms with Crippen LogP contribution in [0.25, 0.3) is 0 Å². The zero-order valence-corrected chi connectivity index (χ0v) is 32.0. The van der Waals surface area contributed by atoms with E-state index in [0.29, 0.717) is 13.2 Å². The number of benzene rings is 4. The molecular formula is C44H62AlLiN4O4. The summed E-state index contributed by atoms with van der Waals surface area (Å²) in [6.45, 7) is 13.6. The Hall–Kier alpha value is -2.76. The summed E-state index contributed by atoms with van der Waals surface area (Å²) in [6, 6.07) is 41.8. The zero-order valence-electron chi connectivity index (χ0n) is 33.0. The molecule has 0 aliphatic carbocycles. The first-order valence-corrected chi connectivity index (χ1v) is 19.0. The van der Waals surface area contributed by atoms with Crippen molar-refractivity contribution in [2.75, 3.05) is 65.7 Å². The fourth-order valence-electron chi connectivity index (χ4n) is 6.98. The Kier molecular flexibility index (Phi) is 22.1. The molecule has 0 saturated carbocycles. The third-order valence-electron chi connectivity index (χ3n) is 9.82. The van der Waals surface area contributed by atoms with Crippen LogP contribution in [0.3, 0.4) is 0 Å². The molecule has 3 aliphatic rings. The molecule has 2 atom stereocenters. The van der Waals surface area contributed by atoms with Gasteiger partial charge in [-0.15, -0.1) is 0 Å². The summed E-state index contributed by atoms with van der Waals surface area (Å²) in [4.78, 5) is 21.9. The normalized spacial score (nSPS) is 19.1. The van der Waals surface area contributed by atoms with E-state index in [1.165, 1.54) is 35.1 Å². The quantitative estimate of drug-likeness (QED) is 0.185. The summed E-state index contributed by atoms with van der Waals surface area (Å²) in [5, 5.41) is 9.75. The van der Waals surface area contributed by atoms with Crippen molar-refractivity contribution >= 4 is 23.3 Å². The van der Waals surface area contributed by atoms with Crippen molar-refractivity contribution in [2.45, 2.75) is 58.0 Å². The Balaban J connectivity index is 0.000000322. The number of carbonyl (C=O) groups is 1. The van der Waals surface area contributed by atoms with E-state index in [0.717, 1.165) is 72.1 Å². The molecule has 3 fully saturated rings. The smallest absolute Gasteiger partial charge is 1.00 e. The van der Waals surface area contributed by atoms with Crippen LogP contribution in [0.5, 0.6) is 0 Å². The number of hydrogen-bond donors (Lipinski definition) is 1. The van der Waals surface area contributed by atoms with Crippen molar-refractivity contribution in [2.24, 2.45) is 0 Å². The number of hydrogen-bond acceptors (Lipinski definition) is 8. The number of aliphatic hydroxyl groups excluding tert-OH is 1. The second-order valence-electron chi connectivity index (χ2n) is 13.8. The third kappa shape index (κ3) is 15.8. The Morgan fingerprint density at radius 1 is 0.648 bits per heavy atom. The molecule has 1 N–H and O–H groups in total. The Labute approximate surface area is 348 Å². The van der Waals surface area contributed by atoms with E-state index >= 15 is 0 Å². The molecule has 8 nitrogen and oxygen atoms in total. The van der Waals surface area contributed by atoms with E-state index in [2.05, 4.69) is 111 Å². The van der Waals surface area contributed by atoms with Crippen LogP contribution in [-0.4, -0.2) is 126 Å². The first kappa shape index (κ1) is 45.6. The molecule has 0 amide bonds. The van der Waals surface area contributed by atoms with Gasteiger partial charge in [0.15, 0.2) is 17.4 Å². The fraction of sp³-hybridized carbons (Fsp3) is 0.432. The molecule has 0 radical (unpaired) electrons. The summed E-state index contributed by atoms with van der Waals surface area (Å²) in [6.07, 6.45) is 2.56. The summed E-state index contributed by atoms with van der Waals surface area (Å²) < 4.78 is 10.3. The monoisotopic (exact) mass is 744 g/mol. The zero-order chi connectivity index (χ0) is 36.2. The molecule has 54 heavy (non-hydrogen) atoms. The van der Waals surface area contributed by atoms with Crippen LogP contribution in [-0.2, 0) is 40.4 Å². The molecule has 10 heteroatoms. The molecule has 0 aromatic heterocycles. The van der Waals surface area contributed by atoms with Crippen LogP contribution in [0, 0.1) is 0 Å². The predicted molar refractivity (Wildman–Crippen MR) is 220 cm³/mol. The van der Waals surface area contributed by atoms with E-state index in [1.54, 1.807) is 0 Å². The topological polar surface area (TPSA) is 68.7 Å². The summed E-state index contributed by atoms with van der Waals surface area (Å²) in [5.41, 5.74) is 5.17. The van der Waals surface area contributed by atoms with E-state index in [-0.39, 0.29) is 62.3 Å². The van der Waals surface area contributed by atoms with Gasteiger partial charge in [-0.25, -0.2) is 0 Å². The molecule has 286 valence electrons. The van der Waals surface area contributed by atoms with Gasteiger partial charge in [-0.1, -0.05) is 121 Å². The van der Waals surface area contributed by atoms with Gasteiger partial charge in [0.05, 0.1) is 13.2 Å². The summed E-state index contributed by atoms with van der Waals surface area (Å²) >= 11 is 0. The summed E-state index contributed by atoms with van der Waals surface area (Å²) in [5.74, 6) is -0.115. The molecule has 3 aliphatic heterocycles. The molecule has 4 aromatic rings. The maximum absolute atomic E-state index is 12.5. The molecule has 3 saturated heterocycles. The van der Waals surface area contributed by atoms with Gasteiger partial charge in [0, 0.05) is 84.7 Å². The minimum Gasteiger partial charge on any atom is -1.00 e. The first-order valence-electron chi connectivity index (χ1n) is 19.0. The van der Waals surface area contributed by atoms with Crippen molar-refractivity contribution in [3.8, 4) is 0 Å². The van der Waals surface area contributed by atoms with Crippen molar-refractivity contribution in [1.82, 2.24) is 19.6 Å². The van der Waals surface area contributed by atoms with Gasteiger partial charge in [0.25, 0.3) is 0 Å². The van der Waals surface area contributed by atoms with Gasteiger partial charge >= 0.3 is 24.8 Å². The van der Waals surface area contributed by atoms with Crippen molar-refractivity contribution in [3.63, 3.8) is 0 Å². The number of rotatable bonds is 11. The van der Waals surface area contributed by atoms with E-state index in [4.69, 9.17) is 9.47 Å². The van der Waals surface area contributed by atoms with Gasteiger partial charge in [0.1, 0.15) is 6.04 Å². The van der Waals surface area contributed by atoms with Crippen LogP contribution in [0.1, 0.15) is 43.4 Å². The predicted octanol–water partition coefficient (Wildman–Crippen LogP) is 2.03. The van der Waals surface area contributed by atoms with E-state index < -0.39 is 0 Å². The van der Waals surface area contributed by atoms with Crippen LogP contribution >= 0.6 is 0 Å².